The molecule has 6 rings (SSSR count). The first-order valence-corrected chi connectivity index (χ1v) is 20.5. The van der Waals surface area contributed by atoms with Crippen LogP contribution in [0.3, 0.4) is 0 Å². The summed E-state index contributed by atoms with van der Waals surface area (Å²) in [5, 5.41) is 73.0. The summed E-state index contributed by atoms with van der Waals surface area (Å²) in [6.45, 7) is 7.48. The van der Waals surface area contributed by atoms with Gasteiger partial charge in [-0.2, -0.15) is 8.42 Å². The summed E-state index contributed by atoms with van der Waals surface area (Å²) < 4.78 is 61.2. The molecule has 0 unspecified atom stereocenters. The van der Waals surface area contributed by atoms with Crippen molar-refractivity contribution in [3.63, 3.8) is 0 Å². The van der Waals surface area contributed by atoms with Gasteiger partial charge in [0.15, 0.2) is 12.6 Å². The SMILES string of the molecule is C=C1C[C@@]23CC[C@H]4[C@@](C)(CCC[C@@]4(C)C(=O)OCCCCS(=O)(=O)O)[C@@H]2CC[C@]1(O[C@@H]1O[C@@H](CO)[C@@H](O)[C@H](O)[C@@H]1O[C@@H]1O[C@@H](CO)[C@@H](O)[C@H](O)[C@@H]1O)C3. The molecule has 0 radical (unpaired) electrons. The Kier molecular flexibility index (Phi) is 11.9. The highest BCUT2D eigenvalue weighted by atomic mass is 32.2. The predicted molar refractivity (Wildman–Crippen MR) is 183 cm³/mol. The fraction of sp³-hybridized carbons (Fsp3) is 0.917. The normalized spacial score (nSPS) is 48.5. The maximum Gasteiger partial charge on any atom is 0.312 e. The molecule has 1 spiro atoms. The third-order valence-electron chi connectivity index (χ3n) is 13.9. The second kappa shape index (κ2) is 15.2. The Bertz CT molecular complexity index is 1460. The van der Waals surface area contributed by atoms with Crippen LogP contribution >= 0.6 is 0 Å². The number of rotatable bonds is 12. The highest BCUT2D eigenvalue weighted by molar-refractivity contribution is 7.85. The number of carbonyl (C=O) groups is 1. The van der Waals surface area contributed by atoms with Crippen molar-refractivity contribution < 1.29 is 77.2 Å². The molecule has 4 aliphatic carbocycles. The van der Waals surface area contributed by atoms with E-state index in [2.05, 4.69) is 13.5 Å². The lowest BCUT2D eigenvalue weighted by Crippen LogP contribution is -2.65. The average molecular weight is 779 g/mol. The molecule has 6 aliphatic rings. The summed E-state index contributed by atoms with van der Waals surface area (Å²) in [4.78, 5) is 13.7. The van der Waals surface area contributed by atoms with Crippen molar-refractivity contribution in [2.45, 2.75) is 151 Å². The summed E-state index contributed by atoms with van der Waals surface area (Å²) in [5.41, 5.74) is -1.23. The number of hydrogen-bond acceptors (Lipinski definition) is 15. The van der Waals surface area contributed by atoms with Crippen molar-refractivity contribution in [1.29, 1.82) is 0 Å². The van der Waals surface area contributed by atoms with Gasteiger partial charge in [-0.3, -0.25) is 9.35 Å². The van der Waals surface area contributed by atoms with E-state index in [-0.39, 0.29) is 47.4 Å². The molecule has 2 saturated heterocycles. The lowest BCUT2D eigenvalue weighted by atomic mass is 9.41. The molecule has 0 aromatic heterocycles. The Balaban J connectivity index is 1.19. The predicted octanol–water partition coefficient (Wildman–Crippen LogP) is -0.0700. The van der Waals surface area contributed by atoms with Gasteiger partial charge in [0.25, 0.3) is 10.1 Å². The van der Waals surface area contributed by atoms with Crippen molar-refractivity contribution in [3.05, 3.63) is 12.2 Å². The first-order chi connectivity index (χ1) is 24.8. The van der Waals surface area contributed by atoms with Crippen LogP contribution in [0.2, 0.25) is 0 Å². The van der Waals surface area contributed by atoms with Crippen LogP contribution in [-0.2, 0) is 38.6 Å². The average Bonchev–Trinajstić information content (AvgIpc) is 3.30. The molecule has 16 atom stereocenters. The molecule has 17 heteroatoms. The molecular formula is C36H58O16S. The van der Waals surface area contributed by atoms with Gasteiger partial charge in [0.2, 0.25) is 0 Å². The molecule has 2 bridgehead atoms. The Labute approximate surface area is 310 Å². The van der Waals surface area contributed by atoms with Crippen LogP contribution in [0.4, 0.5) is 0 Å². The molecule has 6 fully saturated rings. The molecule has 2 heterocycles. The summed E-state index contributed by atoms with van der Waals surface area (Å²) in [6, 6.07) is 0. The van der Waals surface area contributed by atoms with E-state index in [9.17, 15) is 49.0 Å². The highest BCUT2D eigenvalue weighted by Crippen LogP contribution is 2.73. The summed E-state index contributed by atoms with van der Waals surface area (Å²) in [5.74, 6) is -0.393. The third kappa shape index (κ3) is 7.37. The number of fused-ring (bicyclic) bond motifs is 3. The van der Waals surface area contributed by atoms with Gasteiger partial charge < -0.3 is 59.4 Å². The second-order valence-corrected chi connectivity index (χ2v) is 18.6. The Morgan fingerprint density at radius 2 is 1.49 bits per heavy atom. The summed E-state index contributed by atoms with van der Waals surface area (Å²) in [6.07, 6.45) is -8.46. The Hall–Kier alpha value is -1.32. The quantitative estimate of drug-likeness (QED) is 0.0424. The Morgan fingerprint density at radius 1 is 0.849 bits per heavy atom. The van der Waals surface area contributed by atoms with Crippen molar-refractivity contribution in [2.24, 2.45) is 28.1 Å². The second-order valence-electron chi connectivity index (χ2n) is 17.0. The lowest BCUT2D eigenvalue weighted by molar-refractivity contribution is -0.378. The van der Waals surface area contributed by atoms with Crippen molar-refractivity contribution in [3.8, 4) is 0 Å². The van der Waals surface area contributed by atoms with Crippen LogP contribution in [0.15, 0.2) is 12.2 Å². The minimum Gasteiger partial charge on any atom is -0.465 e. The monoisotopic (exact) mass is 778 g/mol. The zero-order chi connectivity index (χ0) is 38.7. The van der Waals surface area contributed by atoms with Crippen molar-refractivity contribution in [2.75, 3.05) is 25.6 Å². The van der Waals surface area contributed by atoms with Crippen LogP contribution in [0, 0.1) is 28.1 Å². The van der Waals surface area contributed by atoms with Gasteiger partial charge >= 0.3 is 5.97 Å². The van der Waals surface area contributed by atoms with Crippen molar-refractivity contribution >= 4 is 16.1 Å². The number of hydrogen-bond donors (Lipinski definition) is 8. The van der Waals surface area contributed by atoms with Crippen molar-refractivity contribution in [1.82, 2.24) is 0 Å². The van der Waals surface area contributed by atoms with Gasteiger partial charge in [0.05, 0.1) is 36.6 Å². The van der Waals surface area contributed by atoms with Gasteiger partial charge in [0, 0.05) is 0 Å². The topological polar surface area (TPSA) is 259 Å². The molecule has 304 valence electrons. The standard InChI is InChI=1S/C36H58O16S/c1-19-15-35-11-7-22-33(2,9-6-10-34(22,3)32(44)48-13-4-5-14-53(45,46)47)23(35)8-12-36(19,18-35)52-31-29(27(42)25(40)21(17-38)50-31)51-30-28(43)26(41)24(39)20(16-37)49-30/h20-31,37-43H,1,4-18H2,2-3H3,(H,45,46,47)/t20-,21-,22-,23-,24+,25+,26-,27-,28-,29-,30-,31-,33+,34+,35+,36-/m0/s1. The van der Waals surface area contributed by atoms with Crippen LogP contribution in [0.25, 0.3) is 0 Å². The van der Waals surface area contributed by atoms with Gasteiger partial charge in [-0.05, 0) is 99.4 Å². The van der Waals surface area contributed by atoms with E-state index in [1.165, 1.54) is 0 Å². The molecule has 0 aromatic rings. The fourth-order valence-corrected chi connectivity index (χ4v) is 11.9. The molecule has 53 heavy (non-hydrogen) atoms. The zero-order valence-corrected chi connectivity index (χ0v) is 31.3. The first kappa shape index (κ1) is 41.3. The number of unbranched alkanes of at least 4 members (excludes halogenated alkanes) is 1. The fourth-order valence-electron chi connectivity index (χ4n) is 11.3. The smallest absolute Gasteiger partial charge is 0.312 e. The molecule has 0 aromatic carbocycles. The van der Waals surface area contributed by atoms with Crippen LogP contribution in [0.1, 0.15) is 84.5 Å². The maximum atomic E-state index is 13.7. The number of aliphatic hydroxyl groups is 7. The van der Waals surface area contributed by atoms with E-state index in [1.54, 1.807) is 0 Å². The Morgan fingerprint density at radius 3 is 2.15 bits per heavy atom. The van der Waals surface area contributed by atoms with E-state index in [0.717, 1.165) is 37.7 Å². The number of carbonyl (C=O) groups excluding carboxylic acids is 1. The molecule has 2 aliphatic heterocycles. The van der Waals surface area contributed by atoms with E-state index >= 15 is 0 Å². The molecule has 4 saturated carbocycles. The number of aliphatic hydroxyl groups excluding tert-OH is 7. The first-order valence-electron chi connectivity index (χ1n) is 18.9. The van der Waals surface area contributed by atoms with Crippen LogP contribution in [0.5, 0.6) is 0 Å². The summed E-state index contributed by atoms with van der Waals surface area (Å²) >= 11 is 0. The highest BCUT2D eigenvalue weighted by Gasteiger charge is 2.69. The largest absolute Gasteiger partial charge is 0.465 e. The van der Waals surface area contributed by atoms with E-state index in [0.29, 0.717) is 32.1 Å². The number of ether oxygens (including phenoxy) is 5. The third-order valence-corrected chi connectivity index (χ3v) is 14.7. The van der Waals surface area contributed by atoms with Crippen LogP contribution < -0.4 is 0 Å². The number of esters is 1. The van der Waals surface area contributed by atoms with E-state index in [4.69, 9.17) is 28.2 Å². The van der Waals surface area contributed by atoms with Crippen LogP contribution in [-0.4, -0.2) is 147 Å². The molecular weight excluding hydrogens is 720 g/mol. The van der Waals surface area contributed by atoms with E-state index < -0.39 is 95.8 Å². The molecule has 8 N–H and O–H groups in total. The lowest BCUT2D eigenvalue weighted by Gasteiger charge is -2.64. The maximum absolute atomic E-state index is 13.7. The van der Waals surface area contributed by atoms with Gasteiger partial charge in [-0.1, -0.05) is 19.9 Å². The van der Waals surface area contributed by atoms with Gasteiger partial charge in [-0.15, -0.1) is 0 Å². The minimum absolute atomic E-state index is 0.0481. The van der Waals surface area contributed by atoms with E-state index in [1.807, 2.05) is 6.92 Å². The minimum atomic E-state index is -4.08. The molecule has 0 amide bonds. The van der Waals surface area contributed by atoms with Gasteiger partial charge in [0.1, 0.15) is 48.8 Å². The molecule has 16 nitrogen and oxygen atoms in total. The zero-order valence-electron chi connectivity index (χ0n) is 30.5. The van der Waals surface area contributed by atoms with Gasteiger partial charge in [-0.25, -0.2) is 0 Å². The summed E-state index contributed by atoms with van der Waals surface area (Å²) in [7, 11) is -4.08.